The van der Waals surface area contributed by atoms with E-state index < -0.39 is 0 Å². The molecule has 2 aliphatic heterocycles. The lowest BCUT2D eigenvalue weighted by Gasteiger charge is -2.32. The van der Waals surface area contributed by atoms with Crippen LogP contribution in [0.15, 0.2) is 18.2 Å². The quantitative estimate of drug-likeness (QED) is 0.803. The Kier molecular flexibility index (Phi) is 6.72. The molecule has 6 nitrogen and oxygen atoms in total. The van der Waals surface area contributed by atoms with E-state index in [1.54, 1.807) is 14.2 Å². The monoisotopic (exact) mass is 373 g/mol. The number of nitrogens with zero attached hydrogens (tertiary/aromatic N) is 1. The van der Waals surface area contributed by atoms with Gasteiger partial charge in [0.2, 0.25) is 11.8 Å². The molecule has 1 saturated heterocycles. The molecule has 0 saturated carbocycles. The summed E-state index contributed by atoms with van der Waals surface area (Å²) < 4.78 is 5.30. The Labute approximate surface area is 161 Å². The first-order chi connectivity index (χ1) is 13.1. The number of hydrogen-bond donors (Lipinski definition) is 2. The summed E-state index contributed by atoms with van der Waals surface area (Å²) in [5, 5.41) is 6.02. The van der Waals surface area contributed by atoms with Crippen LogP contribution in [0.2, 0.25) is 0 Å². The highest BCUT2D eigenvalue weighted by Crippen LogP contribution is 2.31. The van der Waals surface area contributed by atoms with Gasteiger partial charge in [0, 0.05) is 24.7 Å². The molecule has 0 radical (unpaired) electrons. The summed E-state index contributed by atoms with van der Waals surface area (Å²) in [5.41, 5.74) is 2.07. The Hall–Kier alpha value is -2.08. The number of carbonyl (C=O) groups is 2. The predicted octanol–water partition coefficient (Wildman–Crippen LogP) is 2.43. The fourth-order valence-electron chi connectivity index (χ4n) is 4.17. The van der Waals surface area contributed by atoms with Crippen molar-refractivity contribution >= 4 is 17.5 Å². The maximum atomic E-state index is 12.6. The Morgan fingerprint density at radius 2 is 2.04 bits per heavy atom. The van der Waals surface area contributed by atoms with Crippen molar-refractivity contribution in [1.82, 2.24) is 10.2 Å². The van der Waals surface area contributed by atoms with Crippen LogP contribution in [0.5, 0.6) is 5.75 Å². The number of likely N-dealkylation sites (N-methyl/N-ethyl adjacent to an activating group) is 1. The lowest BCUT2D eigenvalue weighted by Crippen LogP contribution is -2.42. The Morgan fingerprint density at radius 1 is 1.26 bits per heavy atom. The highest BCUT2D eigenvalue weighted by atomic mass is 16.5. The molecular weight excluding hydrogens is 342 g/mol. The molecule has 2 aliphatic rings. The van der Waals surface area contributed by atoms with Crippen LogP contribution in [0, 0.1) is 11.8 Å². The number of hydrogen-bond acceptors (Lipinski definition) is 4. The van der Waals surface area contributed by atoms with Crippen LogP contribution in [0.1, 0.15) is 37.7 Å². The number of nitrogens with one attached hydrogen (secondary N) is 2. The Bertz CT molecular complexity index is 669. The van der Waals surface area contributed by atoms with Crippen LogP contribution in [-0.2, 0) is 16.0 Å². The van der Waals surface area contributed by atoms with Gasteiger partial charge in [-0.25, -0.2) is 0 Å². The van der Waals surface area contributed by atoms with E-state index in [1.165, 1.54) is 0 Å². The van der Waals surface area contributed by atoms with Gasteiger partial charge in [-0.05, 0) is 75.3 Å². The molecule has 0 bridgehead atoms. The van der Waals surface area contributed by atoms with E-state index in [4.69, 9.17) is 4.74 Å². The lowest BCUT2D eigenvalue weighted by molar-refractivity contribution is -0.131. The summed E-state index contributed by atoms with van der Waals surface area (Å²) in [7, 11) is 3.47. The van der Waals surface area contributed by atoms with Crippen molar-refractivity contribution in [2.45, 2.75) is 38.5 Å². The van der Waals surface area contributed by atoms with Crippen LogP contribution >= 0.6 is 0 Å². The number of aryl methyl sites for hydroxylation is 1. The molecule has 27 heavy (non-hydrogen) atoms. The van der Waals surface area contributed by atoms with Crippen LogP contribution in [0.3, 0.4) is 0 Å². The van der Waals surface area contributed by atoms with Gasteiger partial charge in [-0.2, -0.15) is 0 Å². The van der Waals surface area contributed by atoms with Crippen LogP contribution in [0.4, 0.5) is 5.69 Å². The summed E-state index contributed by atoms with van der Waals surface area (Å²) in [6.45, 7) is 2.10. The fourth-order valence-corrected chi connectivity index (χ4v) is 4.17. The van der Waals surface area contributed by atoms with E-state index >= 15 is 0 Å². The standard InChI is InChI=1S/C21H31N3O3/c1-22-14-20(25)24-11-9-15(10-12-24)3-4-16-5-6-17-13-18(27-2)7-8-19(17)23-21(16)26/h7-8,13,15-16,22H,3-6,9-12,14H2,1-2H3,(H,23,26). The molecule has 1 fully saturated rings. The van der Waals surface area contributed by atoms with Crippen molar-refractivity contribution in [3.05, 3.63) is 23.8 Å². The van der Waals surface area contributed by atoms with E-state index in [1.807, 2.05) is 23.1 Å². The number of rotatable bonds is 6. The van der Waals surface area contributed by atoms with Gasteiger partial charge in [-0.3, -0.25) is 9.59 Å². The molecule has 1 aromatic carbocycles. The van der Waals surface area contributed by atoms with Gasteiger partial charge in [0.1, 0.15) is 5.75 Å². The molecule has 0 aliphatic carbocycles. The molecule has 1 aromatic rings. The molecule has 2 N–H and O–H groups in total. The first kappa shape index (κ1) is 19.7. The summed E-state index contributed by atoms with van der Waals surface area (Å²) in [4.78, 5) is 26.5. The third-order valence-electron chi connectivity index (χ3n) is 5.92. The fraction of sp³-hybridized carbons (Fsp3) is 0.619. The second kappa shape index (κ2) is 9.22. The first-order valence-corrected chi connectivity index (χ1v) is 10.0. The minimum absolute atomic E-state index is 0.0624. The zero-order chi connectivity index (χ0) is 19.2. The number of ether oxygens (including phenoxy) is 1. The Balaban J connectivity index is 1.48. The highest BCUT2D eigenvalue weighted by molar-refractivity contribution is 5.94. The van der Waals surface area contributed by atoms with E-state index in [9.17, 15) is 9.59 Å². The number of likely N-dealkylation sites (tertiary alicyclic amines) is 1. The normalized spacial score (nSPS) is 20.6. The molecule has 0 spiro atoms. The maximum absolute atomic E-state index is 12.6. The van der Waals surface area contributed by atoms with Crippen LogP contribution in [0.25, 0.3) is 0 Å². The average molecular weight is 373 g/mol. The topological polar surface area (TPSA) is 70.7 Å². The summed E-state index contributed by atoms with van der Waals surface area (Å²) >= 11 is 0. The van der Waals surface area contributed by atoms with Gasteiger partial charge in [0.05, 0.1) is 13.7 Å². The SMILES string of the molecule is CNCC(=O)N1CCC(CCC2CCc3cc(OC)ccc3NC2=O)CC1. The number of piperidine rings is 1. The smallest absolute Gasteiger partial charge is 0.236 e. The van der Waals surface area contributed by atoms with Crippen molar-refractivity contribution in [3.8, 4) is 5.75 Å². The number of carbonyl (C=O) groups excluding carboxylic acids is 2. The van der Waals surface area contributed by atoms with Gasteiger partial charge < -0.3 is 20.3 Å². The van der Waals surface area contributed by atoms with Gasteiger partial charge >= 0.3 is 0 Å². The van der Waals surface area contributed by atoms with Crippen LogP contribution < -0.4 is 15.4 Å². The zero-order valence-electron chi connectivity index (χ0n) is 16.4. The number of amides is 2. The van der Waals surface area contributed by atoms with E-state index in [-0.39, 0.29) is 17.7 Å². The molecular formula is C21H31N3O3. The van der Waals surface area contributed by atoms with Gasteiger partial charge in [0.25, 0.3) is 0 Å². The van der Waals surface area contributed by atoms with E-state index in [0.717, 1.165) is 68.6 Å². The molecule has 1 unspecified atom stereocenters. The molecule has 2 amide bonds. The summed E-state index contributed by atoms with van der Waals surface area (Å²) in [6.07, 6.45) is 5.85. The van der Waals surface area contributed by atoms with Crippen molar-refractivity contribution in [1.29, 1.82) is 0 Å². The third-order valence-corrected chi connectivity index (χ3v) is 5.92. The first-order valence-electron chi connectivity index (χ1n) is 10.0. The number of benzene rings is 1. The van der Waals surface area contributed by atoms with Crippen LogP contribution in [-0.4, -0.2) is 50.5 Å². The van der Waals surface area contributed by atoms with Crippen molar-refractivity contribution in [3.63, 3.8) is 0 Å². The minimum Gasteiger partial charge on any atom is -0.497 e. The summed E-state index contributed by atoms with van der Waals surface area (Å²) in [6, 6.07) is 5.85. The highest BCUT2D eigenvalue weighted by Gasteiger charge is 2.27. The number of fused-ring (bicyclic) bond motifs is 1. The average Bonchev–Trinajstić information content (AvgIpc) is 2.84. The zero-order valence-corrected chi connectivity index (χ0v) is 16.4. The van der Waals surface area contributed by atoms with Gasteiger partial charge in [-0.1, -0.05) is 0 Å². The molecule has 3 rings (SSSR count). The van der Waals surface area contributed by atoms with E-state index in [2.05, 4.69) is 10.6 Å². The number of methoxy groups -OCH3 is 1. The molecule has 2 heterocycles. The predicted molar refractivity (Wildman–Crippen MR) is 106 cm³/mol. The molecule has 1 atom stereocenters. The van der Waals surface area contributed by atoms with Crippen molar-refractivity contribution in [2.24, 2.45) is 11.8 Å². The van der Waals surface area contributed by atoms with E-state index in [0.29, 0.717) is 12.5 Å². The maximum Gasteiger partial charge on any atom is 0.236 e. The van der Waals surface area contributed by atoms with Crippen molar-refractivity contribution < 1.29 is 14.3 Å². The second-order valence-corrected chi connectivity index (χ2v) is 7.68. The minimum atomic E-state index is 0.0624. The summed E-state index contributed by atoms with van der Waals surface area (Å²) in [5.74, 6) is 1.84. The largest absolute Gasteiger partial charge is 0.497 e. The number of anilines is 1. The molecule has 148 valence electrons. The van der Waals surface area contributed by atoms with Gasteiger partial charge in [-0.15, -0.1) is 0 Å². The lowest BCUT2D eigenvalue weighted by atomic mass is 9.87. The molecule has 0 aromatic heterocycles. The Morgan fingerprint density at radius 3 is 2.74 bits per heavy atom. The molecule has 6 heteroatoms. The van der Waals surface area contributed by atoms with Crippen molar-refractivity contribution in [2.75, 3.05) is 39.1 Å². The van der Waals surface area contributed by atoms with Gasteiger partial charge in [0.15, 0.2) is 0 Å². The second-order valence-electron chi connectivity index (χ2n) is 7.68. The third kappa shape index (κ3) is 5.01.